The Hall–Kier alpha value is -4.73. The molecule has 252 valence electrons. The molecule has 2 bridgehead atoms. The van der Waals surface area contributed by atoms with Crippen LogP contribution in [0.4, 0.5) is 0 Å². The van der Waals surface area contributed by atoms with Gasteiger partial charge in [0.15, 0.2) is 17.5 Å². The van der Waals surface area contributed by atoms with Gasteiger partial charge < -0.3 is 28.5 Å². The van der Waals surface area contributed by atoms with E-state index < -0.39 is 13.5 Å². The fraction of sp³-hybridized carbons (Fsp3) is 0.400. The maximum Gasteiger partial charge on any atom is 0.640 e. The van der Waals surface area contributed by atoms with Crippen LogP contribution in [-0.2, 0) is 28.5 Å². The van der Waals surface area contributed by atoms with E-state index in [-0.39, 0.29) is 17.5 Å². The van der Waals surface area contributed by atoms with Crippen molar-refractivity contribution in [1.29, 1.82) is 0 Å². The maximum absolute atomic E-state index is 6.26. The predicted octanol–water partition coefficient (Wildman–Crippen LogP) is 2.87. The molecule has 0 amide bonds. The van der Waals surface area contributed by atoms with Gasteiger partial charge in [0.1, 0.15) is 18.6 Å². The zero-order chi connectivity index (χ0) is 33.0. The Morgan fingerprint density at radius 3 is 1.19 bits per heavy atom. The second-order valence-corrected chi connectivity index (χ2v) is 10.6. The first-order chi connectivity index (χ1) is 23.1. The number of aliphatic imine (C=N–C) groups is 3. The van der Waals surface area contributed by atoms with Crippen LogP contribution < -0.4 is 27.4 Å². The van der Waals surface area contributed by atoms with Gasteiger partial charge in [0.2, 0.25) is 0 Å². The molecule has 0 unspecified atom stereocenters. The van der Waals surface area contributed by atoms with Gasteiger partial charge in [-0.3, -0.25) is 31.4 Å². The van der Waals surface area contributed by atoms with Gasteiger partial charge in [0.05, 0.1) is 0 Å². The Bertz CT molecular complexity index is 1310. The highest BCUT2D eigenvalue weighted by atomic mass is 16.9. The molecule has 0 radical (unpaired) electrons. The van der Waals surface area contributed by atoms with E-state index in [4.69, 9.17) is 28.5 Å². The van der Waals surface area contributed by atoms with Crippen LogP contribution in [0.2, 0.25) is 0 Å². The minimum absolute atomic E-state index is 0.209. The molecule has 3 heterocycles. The van der Waals surface area contributed by atoms with Crippen molar-refractivity contribution in [2.45, 2.75) is 59.3 Å². The van der Waals surface area contributed by atoms with E-state index in [0.717, 1.165) is 38.5 Å². The van der Waals surface area contributed by atoms with Gasteiger partial charge in [-0.1, -0.05) is 106 Å². The number of unbranched alkanes of at least 4 members (excludes halogenated alkanes) is 3. The fourth-order valence-electron chi connectivity index (χ4n) is 4.16. The summed E-state index contributed by atoms with van der Waals surface area (Å²) >= 11 is 0. The third-order valence-electron chi connectivity index (χ3n) is 6.88. The van der Waals surface area contributed by atoms with Crippen LogP contribution in [-0.4, -0.2) is 69.3 Å². The predicted molar refractivity (Wildman–Crippen MR) is 187 cm³/mol. The number of oxime groups is 3. The van der Waals surface area contributed by atoms with Crippen molar-refractivity contribution in [3.63, 3.8) is 0 Å². The Balaban J connectivity index is 1.90. The molecule has 17 heteroatoms. The largest absolute Gasteiger partial charge is 0.640 e. The highest BCUT2D eigenvalue weighted by Crippen LogP contribution is 2.14. The highest BCUT2D eigenvalue weighted by molar-refractivity contribution is 6.76. The first kappa shape index (κ1) is 35.1. The molecule has 2 aromatic rings. The van der Waals surface area contributed by atoms with E-state index in [1.165, 1.54) is 18.6 Å². The van der Waals surface area contributed by atoms with Crippen molar-refractivity contribution in [3.05, 3.63) is 60.7 Å². The average molecular weight is 647 g/mol. The molecule has 3 N–H and O–H groups in total. The zero-order valence-electron chi connectivity index (χ0n) is 27.2. The van der Waals surface area contributed by atoms with Crippen molar-refractivity contribution < 1.29 is 28.5 Å². The molecular weight excluding hydrogens is 604 g/mol. The van der Waals surface area contributed by atoms with Gasteiger partial charge in [-0.05, 0) is 19.3 Å². The second kappa shape index (κ2) is 19.1. The molecule has 15 nitrogen and oxygen atoms in total. The number of fused-ring (bicyclic) bond motifs is 12. The molecule has 3 aliphatic heterocycles. The van der Waals surface area contributed by atoms with Crippen LogP contribution in [0.3, 0.4) is 0 Å². The smallest absolute Gasteiger partial charge is 0.536 e. The number of hydrogen-bond acceptors (Lipinski definition) is 12. The molecule has 5 rings (SSSR count). The van der Waals surface area contributed by atoms with Gasteiger partial charge in [-0.25, -0.2) is 0 Å². The summed E-state index contributed by atoms with van der Waals surface area (Å²) in [6.07, 6.45) is 9.26. The van der Waals surface area contributed by atoms with Crippen LogP contribution >= 0.6 is 0 Å². The lowest BCUT2D eigenvalue weighted by Gasteiger charge is -2.41. The van der Waals surface area contributed by atoms with Crippen molar-refractivity contribution >= 4 is 60.6 Å². The quantitative estimate of drug-likeness (QED) is 0.246. The van der Waals surface area contributed by atoms with Crippen LogP contribution in [0, 0.1) is 0 Å². The zero-order valence-corrected chi connectivity index (χ0v) is 27.2. The van der Waals surface area contributed by atoms with Crippen molar-refractivity contribution in [1.82, 2.24) is 16.4 Å². The number of nitrogens with one attached hydrogen (secondary N) is 3. The Labute approximate surface area is 275 Å². The van der Waals surface area contributed by atoms with Gasteiger partial charge >= 0.3 is 13.5 Å². The third-order valence-corrected chi connectivity index (χ3v) is 6.88. The molecule has 3 aliphatic rings. The third kappa shape index (κ3) is 10.7. The summed E-state index contributed by atoms with van der Waals surface area (Å²) in [5.74, 6) is 0.626. The molecular formula is C30H43B2N9O6-2. The van der Waals surface area contributed by atoms with Crippen LogP contribution in [0.1, 0.15) is 59.3 Å². The summed E-state index contributed by atoms with van der Waals surface area (Å²) in [4.78, 5) is 13.8. The molecule has 47 heavy (non-hydrogen) atoms. The summed E-state index contributed by atoms with van der Waals surface area (Å²) in [7, 11) is 0. The number of amidine groups is 3. The summed E-state index contributed by atoms with van der Waals surface area (Å²) in [6.45, 7) is 1.78. The Morgan fingerprint density at radius 2 is 0.851 bits per heavy atom. The Kier molecular flexibility index (Phi) is 14.2. The van der Waals surface area contributed by atoms with Crippen LogP contribution in [0.5, 0.6) is 0 Å². The minimum Gasteiger partial charge on any atom is -0.536 e. The van der Waals surface area contributed by atoms with E-state index in [1.807, 2.05) is 24.3 Å². The molecule has 0 spiro atoms. The van der Waals surface area contributed by atoms with E-state index in [0.29, 0.717) is 30.6 Å². The molecule has 0 fully saturated rings. The van der Waals surface area contributed by atoms with E-state index >= 15 is 0 Å². The van der Waals surface area contributed by atoms with Gasteiger partial charge in [-0.2, -0.15) is 0 Å². The lowest BCUT2D eigenvalue weighted by atomic mass is 9.70. The SMILES string of the molecule is CCCCN=C1C=NO[B-]2(c3ccccc3)O/N=C\C(=NCCCC)NO[B-](c3ccccc3)(ON1)ONC(=NCCCC)/C=N\O2. The second-order valence-electron chi connectivity index (χ2n) is 10.6. The summed E-state index contributed by atoms with van der Waals surface area (Å²) < 4.78 is 36.7. The Morgan fingerprint density at radius 1 is 0.511 bits per heavy atom. The lowest BCUT2D eigenvalue weighted by Crippen LogP contribution is -2.65. The highest BCUT2D eigenvalue weighted by Gasteiger charge is 2.41. The molecule has 0 saturated heterocycles. The number of benzene rings is 2. The number of nitrogens with zero attached hydrogens (tertiary/aromatic N) is 6. The number of hydroxylamine groups is 3. The normalized spacial score (nSPS) is 25.7. The topological polar surface area (TPSA) is 166 Å². The van der Waals surface area contributed by atoms with E-state index in [9.17, 15) is 0 Å². The minimum atomic E-state index is -2.96. The van der Waals surface area contributed by atoms with Crippen molar-refractivity contribution in [3.8, 4) is 0 Å². The summed E-state index contributed by atoms with van der Waals surface area (Å²) in [5, 5.41) is 12.6. The van der Waals surface area contributed by atoms with Crippen LogP contribution in [0.15, 0.2) is 91.1 Å². The monoisotopic (exact) mass is 647 g/mol. The summed E-state index contributed by atoms with van der Waals surface area (Å²) in [6, 6.07) is 18.0. The molecule has 0 aromatic heterocycles. The molecule has 2 aromatic carbocycles. The van der Waals surface area contributed by atoms with Crippen molar-refractivity contribution in [2.75, 3.05) is 19.6 Å². The van der Waals surface area contributed by atoms with Crippen LogP contribution in [0.25, 0.3) is 0 Å². The summed E-state index contributed by atoms with van der Waals surface area (Å²) in [5.41, 5.74) is 9.56. The average Bonchev–Trinajstić information content (AvgIpc) is 3.10. The standard InChI is InChI=1S/C30H43B2N9O6/c1-4-7-20-33-28-23-36-42-31(26-16-12-10-13-17-26)43-37-24-29(34-21-8-5-2)40-46-32(45-39-28,27-18-14-11-15-19-27)47-41-30(25-38-44-31)35-22-9-6-3/h10-19,23-25H,4-9,20-22H2,1-3H3,(H,33,39)(H,34,40)(H,35,41)/q-2/b36-23-,37-24-,38-25?. The fourth-order valence-corrected chi connectivity index (χ4v) is 4.16. The van der Waals surface area contributed by atoms with E-state index in [2.05, 4.69) is 67.7 Å². The number of hydrogen-bond donors (Lipinski definition) is 3. The lowest BCUT2D eigenvalue weighted by molar-refractivity contribution is 0.0187. The molecule has 0 aliphatic carbocycles. The van der Waals surface area contributed by atoms with Crippen molar-refractivity contribution in [2.24, 2.45) is 30.4 Å². The van der Waals surface area contributed by atoms with E-state index in [1.54, 1.807) is 36.4 Å². The first-order valence-electron chi connectivity index (χ1n) is 16.1. The van der Waals surface area contributed by atoms with Gasteiger partial charge in [0, 0.05) is 19.6 Å². The number of rotatable bonds is 11. The van der Waals surface area contributed by atoms with Gasteiger partial charge in [-0.15, -0.1) is 20.9 Å². The maximum atomic E-state index is 6.26. The molecule has 0 atom stereocenters. The first-order valence-corrected chi connectivity index (χ1v) is 16.1. The molecule has 0 saturated carbocycles. The van der Waals surface area contributed by atoms with Gasteiger partial charge in [0.25, 0.3) is 0 Å².